The van der Waals surface area contributed by atoms with Crippen molar-refractivity contribution < 1.29 is 23.1 Å². The fourth-order valence-electron chi connectivity index (χ4n) is 2.75. The molecular formula is C22H20ClFO4. The number of hydrogen-bond donors (Lipinski definition) is 0. The van der Waals surface area contributed by atoms with Crippen LogP contribution in [0.2, 0.25) is 5.02 Å². The van der Waals surface area contributed by atoms with Crippen molar-refractivity contribution in [3.63, 3.8) is 0 Å². The Morgan fingerprint density at radius 3 is 2.68 bits per heavy atom. The normalized spacial score (nSPS) is 10.7. The Morgan fingerprint density at radius 2 is 1.93 bits per heavy atom. The van der Waals surface area contributed by atoms with E-state index in [-0.39, 0.29) is 24.8 Å². The molecule has 146 valence electrons. The lowest BCUT2D eigenvalue weighted by Crippen LogP contribution is -2.03. The van der Waals surface area contributed by atoms with Gasteiger partial charge < -0.3 is 13.9 Å². The Balaban J connectivity index is 1.76. The van der Waals surface area contributed by atoms with E-state index in [0.717, 1.165) is 11.1 Å². The van der Waals surface area contributed by atoms with Gasteiger partial charge in [-0.25, -0.2) is 9.18 Å². The Kier molecular flexibility index (Phi) is 6.37. The molecule has 0 saturated carbocycles. The van der Waals surface area contributed by atoms with E-state index in [9.17, 15) is 9.18 Å². The van der Waals surface area contributed by atoms with Crippen LogP contribution in [0.25, 0.3) is 0 Å². The first-order valence-electron chi connectivity index (χ1n) is 8.88. The smallest absolute Gasteiger partial charge is 0.374 e. The van der Waals surface area contributed by atoms with E-state index in [1.54, 1.807) is 25.1 Å². The summed E-state index contributed by atoms with van der Waals surface area (Å²) in [5.41, 5.74) is 2.67. The molecular weight excluding hydrogens is 383 g/mol. The summed E-state index contributed by atoms with van der Waals surface area (Å²) in [6.45, 7) is 4.22. The van der Waals surface area contributed by atoms with Crippen molar-refractivity contribution in [2.45, 2.75) is 26.9 Å². The molecule has 0 radical (unpaired) electrons. The maximum Gasteiger partial charge on any atom is 0.374 e. The van der Waals surface area contributed by atoms with Crippen LogP contribution < -0.4 is 4.74 Å². The van der Waals surface area contributed by atoms with Crippen LogP contribution in [0.3, 0.4) is 0 Å². The number of ether oxygens (including phenoxy) is 2. The van der Waals surface area contributed by atoms with Gasteiger partial charge in [-0.2, -0.15) is 0 Å². The number of carbonyl (C=O) groups is 1. The summed E-state index contributed by atoms with van der Waals surface area (Å²) in [6.07, 6.45) is 0.452. The highest BCUT2D eigenvalue weighted by molar-refractivity contribution is 6.31. The van der Waals surface area contributed by atoms with E-state index in [4.69, 9.17) is 25.5 Å². The Bertz CT molecular complexity index is 980. The second kappa shape index (κ2) is 8.93. The molecule has 0 aliphatic rings. The molecule has 0 aliphatic heterocycles. The van der Waals surface area contributed by atoms with Gasteiger partial charge in [-0.15, -0.1) is 0 Å². The molecule has 0 unspecified atom stereocenters. The molecule has 0 amide bonds. The third-order valence-electron chi connectivity index (χ3n) is 4.12. The Hall–Kier alpha value is -2.79. The van der Waals surface area contributed by atoms with E-state index in [2.05, 4.69) is 0 Å². The van der Waals surface area contributed by atoms with Gasteiger partial charge in [0.05, 0.1) is 11.6 Å². The summed E-state index contributed by atoms with van der Waals surface area (Å²) >= 11 is 6.07. The second-order valence-electron chi connectivity index (χ2n) is 6.30. The molecule has 28 heavy (non-hydrogen) atoms. The van der Waals surface area contributed by atoms with Crippen LogP contribution >= 0.6 is 11.6 Å². The van der Waals surface area contributed by atoms with Crippen LogP contribution in [0.4, 0.5) is 4.39 Å². The SMILES string of the molecule is CCOC(=O)c1ccc(Cc2cc(C)ccc2OCc2ccc(F)cc2Cl)o1. The minimum atomic E-state index is -0.486. The van der Waals surface area contributed by atoms with Crippen molar-refractivity contribution in [2.24, 2.45) is 0 Å². The molecule has 0 fully saturated rings. The Morgan fingerprint density at radius 1 is 1.11 bits per heavy atom. The molecule has 0 aliphatic carbocycles. The molecule has 2 aromatic carbocycles. The highest BCUT2D eigenvalue weighted by atomic mass is 35.5. The van der Waals surface area contributed by atoms with Gasteiger partial charge in [-0.05, 0) is 44.2 Å². The van der Waals surface area contributed by atoms with Crippen molar-refractivity contribution in [1.29, 1.82) is 0 Å². The number of rotatable bonds is 7. The standard InChI is InChI=1S/C22H20ClFO4/c1-3-26-22(25)21-9-7-18(28-21)11-16-10-14(2)4-8-20(16)27-13-15-5-6-17(24)12-19(15)23/h4-10,12H,3,11,13H2,1-2H3. The molecule has 6 heteroatoms. The Labute approximate surface area is 167 Å². The van der Waals surface area contributed by atoms with Crippen molar-refractivity contribution in [3.8, 4) is 5.75 Å². The highest BCUT2D eigenvalue weighted by Crippen LogP contribution is 2.26. The van der Waals surface area contributed by atoms with E-state index in [1.165, 1.54) is 12.1 Å². The number of esters is 1. The van der Waals surface area contributed by atoms with E-state index in [1.807, 2.05) is 25.1 Å². The maximum atomic E-state index is 13.2. The van der Waals surface area contributed by atoms with Gasteiger partial charge in [0.15, 0.2) is 0 Å². The third-order valence-corrected chi connectivity index (χ3v) is 4.47. The predicted octanol–water partition coefficient (Wildman–Crippen LogP) is 5.73. The van der Waals surface area contributed by atoms with Crippen LogP contribution in [0.1, 0.15) is 39.9 Å². The molecule has 1 aromatic heterocycles. The van der Waals surface area contributed by atoms with Crippen LogP contribution in [0, 0.1) is 12.7 Å². The minimum absolute atomic E-state index is 0.171. The molecule has 0 atom stereocenters. The summed E-state index contributed by atoms with van der Waals surface area (Å²) in [5.74, 6) is 0.587. The fraction of sp³-hybridized carbons (Fsp3) is 0.227. The number of hydrogen-bond acceptors (Lipinski definition) is 4. The summed E-state index contributed by atoms with van der Waals surface area (Å²) in [6, 6.07) is 13.4. The van der Waals surface area contributed by atoms with E-state index in [0.29, 0.717) is 28.5 Å². The summed E-state index contributed by atoms with van der Waals surface area (Å²) < 4.78 is 29.7. The average Bonchev–Trinajstić information content (AvgIpc) is 3.11. The molecule has 3 rings (SSSR count). The molecule has 3 aromatic rings. The van der Waals surface area contributed by atoms with Gasteiger partial charge in [-0.3, -0.25) is 0 Å². The number of furan rings is 1. The van der Waals surface area contributed by atoms with Crippen molar-refractivity contribution in [3.05, 3.63) is 87.6 Å². The molecule has 0 saturated heterocycles. The van der Waals surface area contributed by atoms with Gasteiger partial charge in [0.1, 0.15) is 23.9 Å². The van der Waals surface area contributed by atoms with Crippen LogP contribution in [0.5, 0.6) is 5.75 Å². The minimum Gasteiger partial charge on any atom is -0.489 e. The van der Waals surface area contributed by atoms with Gasteiger partial charge in [-0.1, -0.05) is 35.4 Å². The fourth-order valence-corrected chi connectivity index (χ4v) is 2.98. The lowest BCUT2D eigenvalue weighted by Gasteiger charge is -2.13. The summed E-state index contributed by atoms with van der Waals surface area (Å²) in [4.78, 5) is 11.8. The summed E-state index contributed by atoms with van der Waals surface area (Å²) in [7, 11) is 0. The van der Waals surface area contributed by atoms with Crippen LogP contribution in [0.15, 0.2) is 52.9 Å². The predicted molar refractivity (Wildman–Crippen MR) is 104 cm³/mol. The van der Waals surface area contributed by atoms with Crippen molar-refractivity contribution in [1.82, 2.24) is 0 Å². The third kappa shape index (κ3) is 4.93. The highest BCUT2D eigenvalue weighted by Gasteiger charge is 2.14. The quantitative estimate of drug-likeness (QED) is 0.474. The van der Waals surface area contributed by atoms with Crippen molar-refractivity contribution >= 4 is 17.6 Å². The maximum absolute atomic E-state index is 13.2. The topological polar surface area (TPSA) is 48.7 Å². The van der Waals surface area contributed by atoms with Crippen molar-refractivity contribution in [2.75, 3.05) is 6.61 Å². The molecule has 0 spiro atoms. The second-order valence-corrected chi connectivity index (χ2v) is 6.71. The summed E-state index contributed by atoms with van der Waals surface area (Å²) in [5, 5.41) is 0.318. The lowest BCUT2D eigenvalue weighted by molar-refractivity contribution is 0.0488. The molecule has 0 bridgehead atoms. The molecule has 4 nitrogen and oxygen atoms in total. The number of benzene rings is 2. The van der Waals surface area contributed by atoms with Gasteiger partial charge in [0, 0.05) is 17.5 Å². The van der Waals surface area contributed by atoms with Crippen LogP contribution in [-0.4, -0.2) is 12.6 Å². The molecule has 1 heterocycles. The lowest BCUT2D eigenvalue weighted by atomic mass is 10.1. The number of aryl methyl sites for hydroxylation is 1. The van der Waals surface area contributed by atoms with Crippen LogP contribution in [-0.2, 0) is 17.8 Å². The first kappa shape index (κ1) is 20.0. The largest absolute Gasteiger partial charge is 0.489 e. The first-order chi connectivity index (χ1) is 13.5. The first-order valence-corrected chi connectivity index (χ1v) is 9.26. The van der Waals surface area contributed by atoms with E-state index >= 15 is 0 Å². The monoisotopic (exact) mass is 402 g/mol. The zero-order valence-corrected chi connectivity index (χ0v) is 16.4. The molecule has 0 N–H and O–H groups in total. The average molecular weight is 403 g/mol. The van der Waals surface area contributed by atoms with Gasteiger partial charge >= 0.3 is 5.97 Å². The van der Waals surface area contributed by atoms with Gasteiger partial charge in [0.25, 0.3) is 0 Å². The zero-order valence-electron chi connectivity index (χ0n) is 15.6. The zero-order chi connectivity index (χ0) is 20.1. The number of carbonyl (C=O) groups excluding carboxylic acids is 1. The van der Waals surface area contributed by atoms with Gasteiger partial charge in [0.2, 0.25) is 5.76 Å². The van der Waals surface area contributed by atoms with E-state index < -0.39 is 5.97 Å². The number of halogens is 2.